The Hall–Kier alpha value is -0.280. The van der Waals surface area contributed by atoms with Gasteiger partial charge in [0, 0.05) is 18.6 Å². The molecule has 14 heavy (non-hydrogen) atoms. The first-order valence-corrected chi connectivity index (χ1v) is 5.64. The molecular weight excluding hydrogens is 202 g/mol. The Morgan fingerprint density at radius 3 is 2.79 bits per heavy atom. The fraction of sp³-hybridized carbons (Fsp3) is 0.900. The highest BCUT2D eigenvalue weighted by atomic mass is 35.5. The lowest BCUT2D eigenvalue weighted by molar-refractivity contribution is -0.121. The summed E-state index contributed by atoms with van der Waals surface area (Å²) in [5.74, 6) is 0.0835. The van der Waals surface area contributed by atoms with Gasteiger partial charge in [0.05, 0.1) is 0 Å². The van der Waals surface area contributed by atoms with E-state index in [2.05, 4.69) is 5.32 Å². The average Bonchev–Trinajstić information content (AvgIpc) is 2.18. The fourth-order valence-electron chi connectivity index (χ4n) is 1.91. The Balaban J connectivity index is 2.44. The number of rotatable bonds is 3. The predicted octanol–water partition coefficient (Wildman–Crippen LogP) is 1.28. The van der Waals surface area contributed by atoms with Crippen molar-refractivity contribution in [3.63, 3.8) is 0 Å². The molecule has 3 unspecified atom stereocenters. The van der Waals surface area contributed by atoms with Crippen LogP contribution < -0.4 is 5.32 Å². The van der Waals surface area contributed by atoms with Gasteiger partial charge in [0.2, 0.25) is 5.91 Å². The summed E-state index contributed by atoms with van der Waals surface area (Å²) in [4.78, 5) is 11.3. The zero-order valence-corrected chi connectivity index (χ0v) is 9.26. The van der Waals surface area contributed by atoms with E-state index in [-0.39, 0.29) is 24.5 Å². The Kier molecular flexibility index (Phi) is 4.69. The summed E-state index contributed by atoms with van der Waals surface area (Å²) < 4.78 is 0. The second-order valence-corrected chi connectivity index (χ2v) is 4.61. The maximum absolute atomic E-state index is 11.3. The number of aliphatic hydroxyl groups is 1. The van der Waals surface area contributed by atoms with E-state index in [1.807, 2.05) is 0 Å². The van der Waals surface area contributed by atoms with Gasteiger partial charge in [-0.2, -0.15) is 0 Å². The molecule has 1 fully saturated rings. The monoisotopic (exact) mass is 219 g/mol. The van der Waals surface area contributed by atoms with E-state index in [4.69, 9.17) is 16.7 Å². The second-order valence-electron chi connectivity index (χ2n) is 3.96. The Bertz CT molecular complexity index is 197. The molecule has 1 saturated carbocycles. The quantitative estimate of drug-likeness (QED) is 0.703. The van der Waals surface area contributed by atoms with Gasteiger partial charge in [-0.25, -0.2) is 0 Å². The first-order chi connectivity index (χ1) is 6.65. The van der Waals surface area contributed by atoms with Crippen LogP contribution in [0.2, 0.25) is 0 Å². The fourth-order valence-corrected chi connectivity index (χ4v) is 1.98. The summed E-state index contributed by atoms with van der Waals surface area (Å²) in [5, 5.41) is 11.5. The Morgan fingerprint density at radius 1 is 1.57 bits per heavy atom. The van der Waals surface area contributed by atoms with Crippen LogP contribution >= 0.6 is 11.6 Å². The van der Waals surface area contributed by atoms with Crippen molar-refractivity contribution in [3.05, 3.63) is 0 Å². The van der Waals surface area contributed by atoms with Crippen molar-refractivity contribution in [1.82, 2.24) is 5.32 Å². The van der Waals surface area contributed by atoms with Crippen LogP contribution in [0, 0.1) is 5.92 Å². The van der Waals surface area contributed by atoms with Gasteiger partial charge in [-0.3, -0.25) is 4.79 Å². The predicted molar refractivity (Wildman–Crippen MR) is 56.3 cm³/mol. The van der Waals surface area contributed by atoms with E-state index >= 15 is 0 Å². The summed E-state index contributed by atoms with van der Waals surface area (Å²) in [5.41, 5.74) is 0. The molecule has 82 valence electrons. The van der Waals surface area contributed by atoms with Crippen molar-refractivity contribution in [2.24, 2.45) is 5.92 Å². The number of carbonyl (C=O) groups excluding carboxylic acids is 1. The highest BCUT2D eigenvalue weighted by molar-refractivity contribution is 6.30. The Morgan fingerprint density at radius 2 is 2.21 bits per heavy atom. The molecule has 0 aromatic heterocycles. The third-order valence-electron chi connectivity index (χ3n) is 2.83. The number of hydrogen-bond donors (Lipinski definition) is 2. The smallest absolute Gasteiger partial charge is 0.237 e. The maximum atomic E-state index is 11.3. The Labute approximate surface area is 89.8 Å². The summed E-state index contributed by atoms with van der Waals surface area (Å²) in [7, 11) is 0. The lowest BCUT2D eigenvalue weighted by atomic mass is 9.85. The standard InChI is InChI=1S/C10H18ClNO2/c1-7(11)10(14)12-9-5-3-2-4-8(9)6-13/h7-9,13H,2-6H2,1H3,(H,12,14). The van der Waals surface area contributed by atoms with E-state index in [1.54, 1.807) is 6.92 Å². The molecule has 1 rings (SSSR count). The van der Waals surface area contributed by atoms with Crippen LogP contribution in [0.1, 0.15) is 32.6 Å². The second kappa shape index (κ2) is 5.56. The highest BCUT2D eigenvalue weighted by Gasteiger charge is 2.26. The van der Waals surface area contributed by atoms with Crippen molar-refractivity contribution >= 4 is 17.5 Å². The number of nitrogens with one attached hydrogen (secondary N) is 1. The summed E-state index contributed by atoms with van der Waals surface area (Å²) in [6.45, 7) is 1.81. The van der Waals surface area contributed by atoms with Gasteiger partial charge in [-0.15, -0.1) is 11.6 Å². The van der Waals surface area contributed by atoms with Crippen LogP contribution in [0.4, 0.5) is 0 Å². The first-order valence-electron chi connectivity index (χ1n) is 5.20. The average molecular weight is 220 g/mol. The van der Waals surface area contributed by atoms with Crippen LogP contribution in [0.15, 0.2) is 0 Å². The molecule has 3 atom stereocenters. The van der Waals surface area contributed by atoms with E-state index in [0.717, 1.165) is 25.7 Å². The van der Waals surface area contributed by atoms with Gasteiger partial charge >= 0.3 is 0 Å². The van der Waals surface area contributed by atoms with Crippen LogP contribution in [-0.2, 0) is 4.79 Å². The van der Waals surface area contributed by atoms with Crippen LogP contribution in [0.3, 0.4) is 0 Å². The van der Waals surface area contributed by atoms with Gasteiger partial charge in [-0.05, 0) is 19.8 Å². The minimum absolute atomic E-state index is 0.113. The van der Waals surface area contributed by atoms with Gasteiger partial charge in [0.15, 0.2) is 0 Å². The molecule has 1 amide bonds. The number of amides is 1. The van der Waals surface area contributed by atoms with Crippen molar-refractivity contribution < 1.29 is 9.90 Å². The number of aliphatic hydroxyl groups excluding tert-OH is 1. The molecule has 0 aliphatic heterocycles. The van der Waals surface area contributed by atoms with E-state index in [1.165, 1.54) is 0 Å². The summed E-state index contributed by atoms with van der Waals surface area (Å²) in [6, 6.07) is 0.113. The van der Waals surface area contributed by atoms with E-state index in [0.29, 0.717) is 0 Å². The molecule has 4 heteroatoms. The van der Waals surface area contributed by atoms with Gasteiger partial charge in [-0.1, -0.05) is 12.8 Å². The van der Waals surface area contributed by atoms with Crippen LogP contribution in [0.5, 0.6) is 0 Å². The molecule has 0 heterocycles. The van der Waals surface area contributed by atoms with Crippen molar-refractivity contribution in [3.8, 4) is 0 Å². The largest absolute Gasteiger partial charge is 0.396 e. The van der Waals surface area contributed by atoms with Gasteiger partial charge in [0.25, 0.3) is 0 Å². The van der Waals surface area contributed by atoms with E-state index in [9.17, 15) is 4.79 Å². The zero-order chi connectivity index (χ0) is 10.6. The molecule has 0 aromatic rings. The summed E-state index contributed by atoms with van der Waals surface area (Å²) >= 11 is 5.66. The van der Waals surface area contributed by atoms with Crippen LogP contribution in [0.25, 0.3) is 0 Å². The molecule has 1 aliphatic rings. The minimum atomic E-state index is -0.490. The third kappa shape index (κ3) is 3.14. The molecular formula is C10H18ClNO2. The van der Waals surface area contributed by atoms with E-state index < -0.39 is 5.38 Å². The molecule has 0 radical (unpaired) electrons. The number of carbonyl (C=O) groups is 1. The highest BCUT2D eigenvalue weighted by Crippen LogP contribution is 2.24. The molecule has 0 spiro atoms. The van der Waals surface area contributed by atoms with Crippen molar-refractivity contribution in [2.75, 3.05) is 6.61 Å². The number of alkyl halides is 1. The number of hydrogen-bond acceptors (Lipinski definition) is 2. The van der Waals surface area contributed by atoms with Crippen molar-refractivity contribution in [1.29, 1.82) is 0 Å². The molecule has 0 aromatic carbocycles. The molecule has 3 nitrogen and oxygen atoms in total. The first kappa shape index (κ1) is 11.8. The minimum Gasteiger partial charge on any atom is -0.396 e. The normalized spacial score (nSPS) is 29.6. The third-order valence-corrected chi connectivity index (χ3v) is 3.03. The SMILES string of the molecule is CC(Cl)C(=O)NC1CCCCC1CO. The lowest BCUT2D eigenvalue weighted by Crippen LogP contribution is -2.45. The maximum Gasteiger partial charge on any atom is 0.237 e. The molecule has 0 saturated heterocycles. The van der Waals surface area contributed by atoms with Gasteiger partial charge in [0.1, 0.15) is 5.38 Å². The molecule has 0 bridgehead atoms. The molecule has 2 N–H and O–H groups in total. The lowest BCUT2D eigenvalue weighted by Gasteiger charge is -2.31. The van der Waals surface area contributed by atoms with Crippen LogP contribution in [-0.4, -0.2) is 29.0 Å². The topological polar surface area (TPSA) is 49.3 Å². The van der Waals surface area contributed by atoms with Crippen molar-refractivity contribution in [2.45, 2.75) is 44.0 Å². The van der Waals surface area contributed by atoms with Gasteiger partial charge < -0.3 is 10.4 Å². The summed E-state index contributed by atoms with van der Waals surface area (Å²) in [6.07, 6.45) is 4.23. The number of halogens is 1. The molecule has 1 aliphatic carbocycles. The zero-order valence-electron chi connectivity index (χ0n) is 8.50.